The van der Waals surface area contributed by atoms with Gasteiger partial charge in [-0.15, -0.1) is 0 Å². The van der Waals surface area contributed by atoms with Crippen molar-refractivity contribution in [2.24, 2.45) is 0 Å². The molecule has 2 aromatic heterocycles. The van der Waals surface area contributed by atoms with E-state index in [9.17, 15) is 0 Å². The van der Waals surface area contributed by atoms with E-state index < -0.39 is 0 Å². The lowest BCUT2D eigenvalue weighted by Gasteiger charge is -2.33. The van der Waals surface area contributed by atoms with Crippen molar-refractivity contribution < 1.29 is 10.1 Å². The molecule has 0 radical (unpaired) electrons. The fraction of sp³-hybridized carbons (Fsp3) is 0.435. The first-order valence-corrected chi connectivity index (χ1v) is 12.5. The van der Waals surface area contributed by atoms with Crippen molar-refractivity contribution in [2.45, 2.75) is 6.54 Å². The van der Waals surface area contributed by atoms with E-state index in [4.69, 9.17) is 26.0 Å². The molecule has 9 nitrogen and oxygen atoms in total. The molecule has 2 saturated heterocycles. The van der Waals surface area contributed by atoms with Crippen molar-refractivity contribution in [3.63, 3.8) is 0 Å². The molecule has 1 aromatic carbocycles. The molecule has 0 atom stereocenters. The second kappa shape index (κ2) is 9.68. The van der Waals surface area contributed by atoms with Gasteiger partial charge in [0.2, 0.25) is 0 Å². The van der Waals surface area contributed by atoms with E-state index in [0.717, 1.165) is 79.7 Å². The van der Waals surface area contributed by atoms with Gasteiger partial charge in [-0.25, -0.2) is 13.8 Å². The summed E-state index contributed by atoms with van der Waals surface area (Å²) in [5, 5.41) is 10.7. The lowest BCUT2D eigenvalue weighted by atomic mass is 10.0. The monoisotopic (exact) mass is 467 g/mol. The van der Waals surface area contributed by atoms with Gasteiger partial charge in [-0.05, 0) is 12.3 Å². The first-order chi connectivity index (χ1) is 16.2. The van der Waals surface area contributed by atoms with Crippen LogP contribution >= 0.6 is 11.9 Å². The van der Waals surface area contributed by atoms with Gasteiger partial charge in [-0.3, -0.25) is 10.3 Å². The van der Waals surface area contributed by atoms with Gasteiger partial charge in [0.1, 0.15) is 5.82 Å². The summed E-state index contributed by atoms with van der Waals surface area (Å²) in [7, 11) is 0. The molecule has 0 bridgehead atoms. The van der Waals surface area contributed by atoms with E-state index in [2.05, 4.69) is 26.4 Å². The number of hydrogen-bond donors (Lipinski definition) is 2. The minimum absolute atomic E-state index is 0.645. The van der Waals surface area contributed by atoms with E-state index >= 15 is 0 Å². The molecule has 3 aromatic rings. The van der Waals surface area contributed by atoms with Crippen LogP contribution in [0.3, 0.4) is 0 Å². The molecule has 33 heavy (non-hydrogen) atoms. The molecule has 4 heterocycles. The number of aromatic nitrogens is 3. The fourth-order valence-corrected chi connectivity index (χ4v) is 5.09. The Balaban J connectivity index is 1.58. The summed E-state index contributed by atoms with van der Waals surface area (Å²) in [5.41, 5.74) is 11.6. The van der Waals surface area contributed by atoms with Crippen LogP contribution in [0, 0.1) is 0 Å². The zero-order valence-electron chi connectivity index (χ0n) is 19.0. The van der Waals surface area contributed by atoms with E-state index in [1.807, 2.05) is 40.9 Å². The molecule has 0 aliphatic carbocycles. The van der Waals surface area contributed by atoms with E-state index in [0.29, 0.717) is 18.9 Å². The van der Waals surface area contributed by atoms with Gasteiger partial charge in [0.25, 0.3) is 0 Å². The van der Waals surface area contributed by atoms with Gasteiger partial charge in [-0.1, -0.05) is 24.1 Å². The normalized spacial score (nSPS) is 18.2. The molecule has 4 N–H and O–H groups in total. The maximum Gasteiger partial charge on any atom is 0.170 e. The Morgan fingerprint density at radius 2 is 1.94 bits per heavy atom. The number of hydrogen-bond acceptors (Lipinski definition) is 8. The SMILES string of the molecule is CSN1CCN(Cc2cnn3c(-c4cccc(N)c4C=[NH2+])cc(N4CCOCC4)nc23)CC1. The van der Waals surface area contributed by atoms with Crippen LogP contribution in [0.2, 0.25) is 0 Å². The highest BCUT2D eigenvalue weighted by Gasteiger charge is 2.22. The van der Waals surface area contributed by atoms with Gasteiger partial charge >= 0.3 is 0 Å². The molecule has 2 aliphatic rings. The number of ether oxygens (including phenoxy) is 1. The summed E-state index contributed by atoms with van der Waals surface area (Å²) in [6.45, 7) is 8.07. The van der Waals surface area contributed by atoms with Crippen LogP contribution in [0.25, 0.3) is 16.9 Å². The van der Waals surface area contributed by atoms with Crippen molar-refractivity contribution in [3.05, 3.63) is 41.6 Å². The fourth-order valence-electron chi connectivity index (χ4n) is 4.56. The average molecular weight is 468 g/mol. The summed E-state index contributed by atoms with van der Waals surface area (Å²) >= 11 is 1.82. The molecule has 174 valence electrons. The van der Waals surface area contributed by atoms with Crippen molar-refractivity contribution in [3.8, 4) is 11.3 Å². The second-order valence-electron chi connectivity index (χ2n) is 8.37. The summed E-state index contributed by atoms with van der Waals surface area (Å²) in [6.07, 6.45) is 5.66. The molecular weight excluding hydrogens is 436 g/mol. The third-order valence-electron chi connectivity index (χ3n) is 6.43. The molecule has 2 aliphatic heterocycles. The van der Waals surface area contributed by atoms with Gasteiger partial charge < -0.3 is 15.4 Å². The third kappa shape index (κ3) is 4.43. The predicted octanol–water partition coefficient (Wildman–Crippen LogP) is 0.389. The molecule has 5 rings (SSSR count). The van der Waals surface area contributed by atoms with Crippen LogP contribution in [-0.4, -0.2) is 88.8 Å². The van der Waals surface area contributed by atoms with Crippen LogP contribution in [0.15, 0.2) is 30.5 Å². The Kier molecular flexibility index (Phi) is 6.50. The summed E-state index contributed by atoms with van der Waals surface area (Å²) < 4.78 is 9.90. The van der Waals surface area contributed by atoms with Crippen LogP contribution in [0.1, 0.15) is 11.1 Å². The minimum atomic E-state index is 0.645. The zero-order chi connectivity index (χ0) is 22.8. The lowest BCUT2D eigenvalue weighted by Crippen LogP contribution is -2.42. The van der Waals surface area contributed by atoms with E-state index in [1.165, 1.54) is 0 Å². The van der Waals surface area contributed by atoms with E-state index in [1.54, 1.807) is 6.21 Å². The van der Waals surface area contributed by atoms with Gasteiger partial charge in [-0.2, -0.15) is 5.10 Å². The molecule has 10 heteroatoms. The Hall–Kier alpha value is -2.66. The summed E-state index contributed by atoms with van der Waals surface area (Å²) in [4.78, 5) is 9.83. The van der Waals surface area contributed by atoms with Crippen molar-refractivity contribution in [1.29, 1.82) is 0 Å². The molecule has 0 unspecified atom stereocenters. The lowest BCUT2D eigenvalue weighted by molar-refractivity contribution is -0.104. The highest BCUT2D eigenvalue weighted by atomic mass is 32.2. The Morgan fingerprint density at radius 3 is 2.67 bits per heavy atom. The topological polar surface area (TPSA) is 101 Å². The van der Waals surface area contributed by atoms with Crippen molar-refractivity contribution >= 4 is 35.3 Å². The number of nitrogens with zero attached hydrogens (tertiary/aromatic N) is 6. The van der Waals surface area contributed by atoms with E-state index in [-0.39, 0.29) is 0 Å². The molecule has 0 amide bonds. The molecule has 0 saturated carbocycles. The number of rotatable bonds is 6. The first-order valence-electron chi connectivity index (χ1n) is 11.3. The predicted molar refractivity (Wildman–Crippen MR) is 133 cm³/mol. The first kappa shape index (κ1) is 22.1. The van der Waals surface area contributed by atoms with Crippen LogP contribution in [0.5, 0.6) is 0 Å². The average Bonchev–Trinajstić information content (AvgIpc) is 3.27. The third-order valence-corrected chi connectivity index (χ3v) is 7.31. The van der Waals surface area contributed by atoms with Crippen LogP contribution < -0.4 is 16.0 Å². The number of fused-ring (bicyclic) bond motifs is 1. The zero-order valence-corrected chi connectivity index (χ0v) is 19.8. The highest BCUT2D eigenvalue weighted by Crippen LogP contribution is 2.31. The second-order valence-corrected chi connectivity index (χ2v) is 9.25. The van der Waals surface area contributed by atoms with Crippen LogP contribution in [0.4, 0.5) is 11.5 Å². The Bertz CT molecular complexity index is 1130. The molecular formula is C23H31N8OS+. The summed E-state index contributed by atoms with van der Waals surface area (Å²) in [6, 6.07) is 7.95. The minimum Gasteiger partial charge on any atom is -0.398 e. The standard InChI is InChI=1S/C23H30N8OS/c1-33-30-7-5-28(6-8-30)16-17-15-26-31-21(18-3-2-4-20(25)19(18)14-24)13-22(27-23(17)31)29-9-11-32-12-10-29/h2-4,13-15,24H,5-12,16,25H2,1H3/p+1. The Labute approximate surface area is 198 Å². The number of piperazine rings is 1. The smallest absolute Gasteiger partial charge is 0.170 e. The Morgan fingerprint density at radius 1 is 1.15 bits per heavy atom. The van der Waals surface area contributed by atoms with Gasteiger partial charge in [0.05, 0.1) is 30.7 Å². The summed E-state index contributed by atoms with van der Waals surface area (Å²) in [5.74, 6) is 0.931. The maximum absolute atomic E-state index is 6.25. The quantitative estimate of drug-likeness (QED) is 0.305. The number of nitrogens with two attached hydrogens (primary N) is 2. The molecule has 2 fully saturated rings. The largest absolute Gasteiger partial charge is 0.398 e. The number of anilines is 2. The molecule has 0 spiro atoms. The van der Waals surface area contributed by atoms with Crippen LogP contribution in [-0.2, 0) is 11.3 Å². The van der Waals surface area contributed by atoms with Crippen molar-refractivity contribution in [1.82, 2.24) is 23.8 Å². The number of benzene rings is 1. The van der Waals surface area contributed by atoms with Gasteiger partial charge in [0.15, 0.2) is 11.9 Å². The van der Waals surface area contributed by atoms with Crippen molar-refractivity contribution in [2.75, 3.05) is 69.4 Å². The van der Waals surface area contributed by atoms with Gasteiger partial charge in [0, 0.05) is 68.7 Å². The highest BCUT2D eigenvalue weighted by molar-refractivity contribution is 7.96. The number of nitrogen functional groups attached to an aromatic ring is 1. The maximum atomic E-state index is 6.25. The number of morpholine rings is 1.